The molecule has 0 aliphatic rings. The first kappa shape index (κ1) is 16.3. The highest BCUT2D eigenvalue weighted by Gasteiger charge is 2.04. The van der Waals surface area contributed by atoms with Crippen molar-refractivity contribution in [3.05, 3.63) is 29.8 Å². The van der Waals surface area contributed by atoms with Crippen molar-refractivity contribution < 1.29 is 9.84 Å². The minimum atomic E-state index is -0.458. The molecule has 108 valence electrons. The van der Waals surface area contributed by atoms with Crippen molar-refractivity contribution in [1.29, 1.82) is 0 Å². The van der Waals surface area contributed by atoms with Crippen molar-refractivity contribution >= 4 is 11.8 Å². The van der Waals surface area contributed by atoms with Gasteiger partial charge < -0.3 is 15.2 Å². The van der Waals surface area contributed by atoms with Crippen LogP contribution in [0.1, 0.15) is 18.9 Å². The van der Waals surface area contributed by atoms with Crippen LogP contribution < -0.4 is 10.1 Å². The zero-order valence-corrected chi connectivity index (χ0v) is 12.7. The molecule has 2 N–H and O–H groups in total. The molecule has 1 aromatic carbocycles. The van der Waals surface area contributed by atoms with Gasteiger partial charge in [0.05, 0.1) is 0 Å². The highest BCUT2D eigenvalue weighted by molar-refractivity contribution is 7.98. The van der Waals surface area contributed by atoms with Crippen LogP contribution in [0.15, 0.2) is 24.3 Å². The van der Waals surface area contributed by atoms with Crippen molar-refractivity contribution in [2.45, 2.75) is 25.9 Å². The number of ether oxygens (including phenoxy) is 1. The second-order valence-corrected chi connectivity index (χ2v) is 5.50. The van der Waals surface area contributed by atoms with Crippen LogP contribution in [0.2, 0.25) is 0 Å². The summed E-state index contributed by atoms with van der Waals surface area (Å²) in [6.45, 7) is 3.99. The lowest BCUT2D eigenvalue weighted by Crippen LogP contribution is -2.32. The molecule has 1 atom stereocenters. The van der Waals surface area contributed by atoms with E-state index in [9.17, 15) is 5.11 Å². The molecule has 0 fully saturated rings. The first-order chi connectivity index (χ1) is 9.26. The maximum absolute atomic E-state index is 9.78. The molecule has 19 heavy (non-hydrogen) atoms. The Morgan fingerprint density at radius 1 is 1.32 bits per heavy atom. The van der Waals surface area contributed by atoms with E-state index in [4.69, 9.17) is 4.74 Å². The molecular weight excluding hydrogens is 258 g/mol. The molecule has 0 bridgehead atoms. The van der Waals surface area contributed by atoms with E-state index in [1.54, 1.807) is 0 Å². The number of nitrogens with one attached hydrogen (secondary N) is 1. The molecule has 4 heteroatoms. The summed E-state index contributed by atoms with van der Waals surface area (Å²) >= 11 is 1.84. The zero-order chi connectivity index (χ0) is 13.9. The summed E-state index contributed by atoms with van der Waals surface area (Å²) in [7, 11) is 0. The van der Waals surface area contributed by atoms with Gasteiger partial charge in [0.2, 0.25) is 0 Å². The van der Waals surface area contributed by atoms with E-state index < -0.39 is 6.10 Å². The molecule has 1 aromatic rings. The molecule has 1 unspecified atom stereocenters. The predicted molar refractivity (Wildman–Crippen MR) is 83.2 cm³/mol. The van der Waals surface area contributed by atoms with Crippen LogP contribution in [-0.4, -0.2) is 42.9 Å². The topological polar surface area (TPSA) is 41.5 Å². The first-order valence-corrected chi connectivity index (χ1v) is 8.25. The minimum Gasteiger partial charge on any atom is -0.491 e. The molecule has 0 spiro atoms. The molecule has 0 amide bonds. The minimum absolute atomic E-state index is 0.334. The SMILES string of the molecule is CCc1ccc(OCC(O)CNCCCSC)cc1. The highest BCUT2D eigenvalue weighted by atomic mass is 32.2. The van der Waals surface area contributed by atoms with Crippen LogP contribution in [0, 0.1) is 0 Å². The molecule has 1 rings (SSSR count). The van der Waals surface area contributed by atoms with E-state index in [0.29, 0.717) is 13.2 Å². The number of hydrogen-bond donors (Lipinski definition) is 2. The van der Waals surface area contributed by atoms with Crippen LogP contribution in [0.5, 0.6) is 5.75 Å². The molecule has 0 saturated heterocycles. The standard InChI is InChI=1S/C15H25NO2S/c1-3-13-5-7-15(8-6-13)18-12-14(17)11-16-9-4-10-19-2/h5-8,14,16-17H,3-4,9-12H2,1-2H3. The van der Waals surface area contributed by atoms with Crippen LogP contribution >= 0.6 is 11.8 Å². The fourth-order valence-corrected chi connectivity index (χ4v) is 2.12. The molecular formula is C15H25NO2S. The van der Waals surface area contributed by atoms with Gasteiger partial charge in [-0.05, 0) is 49.1 Å². The van der Waals surface area contributed by atoms with Crippen molar-refractivity contribution in [3.63, 3.8) is 0 Å². The number of aryl methyl sites for hydroxylation is 1. The average molecular weight is 283 g/mol. The van der Waals surface area contributed by atoms with E-state index >= 15 is 0 Å². The summed E-state index contributed by atoms with van der Waals surface area (Å²) < 4.78 is 5.55. The van der Waals surface area contributed by atoms with Gasteiger partial charge in [-0.1, -0.05) is 19.1 Å². The zero-order valence-electron chi connectivity index (χ0n) is 11.9. The maximum atomic E-state index is 9.78. The summed E-state index contributed by atoms with van der Waals surface area (Å²) in [5, 5.41) is 13.0. The van der Waals surface area contributed by atoms with Gasteiger partial charge >= 0.3 is 0 Å². The fourth-order valence-electron chi connectivity index (χ4n) is 1.68. The van der Waals surface area contributed by atoms with Gasteiger partial charge in [0.25, 0.3) is 0 Å². The summed E-state index contributed by atoms with van der Waals surface area (Å²) in [6.07, 6.45) is 3.81. The Hall–Kier alpha value is -0.710. The van der Waals surface area contributed by atoms with Crippen molar-refractivity contribution in [2.75, 3.05) is 31.7 Å². The molecule has 0 aliphatic carbocycles. The van der Waals surface area contributed by atoms with E-state index in [-0.39, 0.29) is 0 Å². The normalized spacial score (nSPS) is 12.4. The Labute approximate surface area is 120 Å². The third kappa shape index (κ3) is 7.45. The Morgan fingerprint density at radius 2 is 2.05 bits per heavy atom. The summed E-state index contributed by atoms with van der Waals surface area (Å²) in [5.74, 6) is 1.97. The lowest BCUT2D eigenvalue weighted by atomic mass is 10.2. The summed E-state index contributed by atoms with van der Waals surface area (Å²) in [5.41, 5.74) is 1.29. The Morgan fingerprint density at radius 3 is 2.68 bits per heavy atom. The molecule has 0 aliphatic heterocycles. The van der Waals surface area contributed by atoms with Gasteiger partial charge in [0.15, 0.2) is 0 Å². The Bertz CT molecular complexity index is 329. The molecule has 0 aromatic heterocycles. The highest BCUT2D eigenvalue weighted by Crippen LogP contribution is 2.12. The van der Waals surface area contributed by atoms with Crippen LogP contribution in [0.3, 0.4) is 0 Å². The van der Waals surface area contributed by atoms with Crippen molar-refractivity contribution in [2.24, 2.45) is 0 Å². The molecule has 0 radical (unpaired) electrons. The number of rotatable bonds is 10. The number of benzene rings is 1. The lowest BCUT2D eigenvalue weighted by molar-refractivity contribution is 0.106. The van der Waals surface area contributed by atoms with Gasteiger partial charge in [-0.3, -0.25) is 0 Å². The van der Waals surface area contributed by atoms with Crippen LogP contribution in [0.25, 0.3) is 0 Å². The second-order valence-electron chi connectivity index (χ2n) is 4.51. The lowest BCUT2D eigenvalue weighted by Gasteiger charge is -2.13. The predicted octanol–water partition coefficient (Wildman–Crippen LogP) is 2.33. The number of aliphatic hydroxyl groups is 1. The maximum Gasteiger partial charge on any atom is 0.119 e. The van der Waals surface area contributed by atoms with Crippen LogP contribution in [-0.2, 0) is 6.42 Å². The smallest absolute Gasteiger partial charge is 0.119 e. The van der Waals surface area contributed by atoms with Crippen molar-refractivity contribution in [1.82, 2.24) is 5.32 Å². The van der Waals surface area contributed by atoms with E-state index in [1.165, 1.54) is 5.56 Å². The Kier molecular flexibility index (Phi) is 8.71. The first-order valence-electron chi connectivity index (χ1n) is 6.85. The largest absolute Gasteiger partial charge is 0.491 e. The van der Waals surface area contributed by atoms with E-state index in [2.05, 4.69) is 30.6 Å². The quantitative estimate of drug-likeness (QED) is 0.647. The summed E-state index contributed by atoms with van der Waals surface area (Å²) in [4.78, 5) is 0. The molecule has 3 nitrogen and oxygen atoms in total. The number of thioether (sulfide) groups is 1. The molecule has 0 saturated carbocycles. The van der Waals surface area contributed by atoms with Gasteiger partial charge in [0, 0.05) is 6.54 Å². The number of aliphatic hydroxyl groups excluding tert-OH is 1. The van der Waals surface area contributed by atoms with Gasteiger partial charge in [-0.2, -0.15) is 11.8 Å². The van der Waals surface area contributed by atoms with Crippen LogP contribution in [0.4, 0.5) is 0 Å². The number of hydrogen-bond acceptors (Lipinski definition) is 4. The van der Waals surface area contributed by atoms with E-state index in [0.717, 1.165) is 30.9 Å². The monoisotopic (exact) mass is 283 g/mol. The third-order valence-electron chi connectivity index (χ3n) is 2.86. The second kappa shape index (κ2) is 10.1. The van der Waals surface area contributed by atoms with Gasteiger partial charge in [-0.25, -0.2) is 0 Å². The van der Waals surface area contributed by atoms with Crippen molar-refractivity contribution in [3.8, 4) is 5.75 Å². The van der Waals surface area contributed by atoms with Gasteiger partial charge in [-0.15, -0.1) is 0 Å². The third-order valence-corrected chi connectivity index (χ3v) is 3.55. The van der Waals surface area contributed by atoms with E-state index in [1.807, 2.05) is 23.9 Å². The van der Waals surface area contributed by atoms with Gasteiger partial charge in [0.1, 0.15) is 18.5 Å². The fraction of sp³-hybridized carbons (Fsp3) is 0.600. The summed E-state index contributed by atoms with van der Waals surface area (Å²) in [6, 6.07) is 8.03. The Balaban J connectivity index is 2.13. The average Bonchev–Trinajstić information content (AvgIpc) is 2.45. The molecule has 0 heterocycles.